The summed E-state index contributed by atoms with van der Waals surface area (Å²) in [7, 11) is 0. The quantitative estimate of drug-likeness (QED) is 0.732. The summed E-state index contributed by atoms with van der Waals surface area (Å²) >= 11 is 0. The molecule has 0 saturated carbocycles. The third-order valence-electron chi connectivity index (χ3n) is 4.98. The predicted octanol–water partition coefficient (Wildman–Crippen LogP) is 3.88. The smallest absolute Gasteiger partial charge is 0.138 e. The minimum absolute atomic E-state index is 0.365. The Kier molecular flexibility index (Phi) is 3.81. The molecule has 0 N–H and O–H groups in total. The molecule has 1 saturated heterocycles. The van der Waals surface area contributed by atoms with Crippen LogP contribution in [0, 0.1) is 20.8 Å². The van der Waals surface area contributed by atoms with Crippen molar-refractivity contribution < 1.29 is 4.52 Å². The van der Waals surface area contributed by atoms with Crippen LogP contribution in [-0.2, 0) is 6.54 Å². The predicted molar refractivity (Wildman–Crippen MR) is 92.6 cm³/mol. The van der Waals surface area contributed by atoms with Crippen molar-refractivity contribution in [2.75, 3.05) is 6.54 Å². The van der Waals surface area contributed by atoms with E-state index >= 15 is 0 Å². The lowest BCUT2D eigenvalue weighted by atomic mass is 10.0. The van der Waals surface area contributed by atoms with Crippen molar-refractivity contribution in [3.05, 3.63) is 52.7 Å². The number of hydrogen-bond donors (Lipinski definition) is 0. The molecule has 124 valence electrons. The zero-order valence-corrected chi connectivity index (χ0v) is 14.4. The normalized spacial score (nSPS) is 18.5. The van der Waals surface area contributed by atoms with Crippen LogP contribution in [-0.4, -0.2) is 26.6 Å². The van der Waals surface area contributed by atoms with Crippen LogP contribution in [0.3, 0.4) is 0 Å². The Morgan fingerprint density at radius 3 is 2.54 bits per heavy atom. The molecule has 0 bridgehead atoms. The van der Waals surface area contributed by atoms with Crippen LogP contribution in [0.5, 0.6) is 0 Å². The number of nitrogens with zero attached hydrogens (tertiary/aromatic N) is 4. The van der Waals surface area contributed by atoms with Gasteiger partial charge in [-0.2, -0.15) is 0 Å². The number of likely N-dealkylation sites (tertiary alicyclic amines) is 1. The van der Waals surface area contributed by atoms with Crippen LogP contribution in [0.4, 0.5) is 0 Å². The molecular formula is C19H22N4O. The van der Waals surface area contributed by atoms with Crippen LogP contribution in [0.15, 0.2) is 28.8 Å². The number of aryl methyl sites for hydroxylation is 3. The topological polar surface area (TPSA) is 55.1 Å². The number of hydrogen-bond acceptors (Lipinski definition) is 5. The van der Waals surface area contributed by atoms with Gasteiger partial charge >= 0.3 is 0 Å². The minimum Gasteiger partial charge on any atom is -0.361 e. The van der Waals surface area contributed by atoms with Crippen molar-refractivity contribution in [3.8, 4) is 0 Å². The van der Waals surface area contributed by atoms with Gasteiger partial charge in [0.1, 0.15) is 5.76 Å². The van der Waals surface area contributed by atoms with E-state index in [1.807, 2.05) is 38.1 Å². The monoisotopic (exact) mass is 322 g/mol. The van der Waals surface area contributed by atoms with E-state index in [1.54, 1.807) is 0 Å². The molecule has 4 rings (SSSR count). The van der Waals surface area contributed by atoms with Gasteiger partial charge in [0.25, 0.3) is 0 Å². The molecule has 1 aromatic carbocycles. The highest BCUT2D eigenvalue weighted by Gasteiger charge is 2.31. The third-order valence-corrected chi connectivity index (χ3v) is 4.98. The average Bonchev–Trinajstić information content (AvgIpc) is 3.14. The lowest BCUT2D eigenvalue weighted by Gasteiger charge is -2.24. The Morgan fingerprint density at radius 1 is 1.08 bits per heavy atom. The fourth-order valence-electron chi connectivity index (χ4n) is 3.77. The molecular weight excluding hydrogens is 300 g/mol. The first-order valence-electron chi connectivity index (χ1n) is 8.52. The first-order valence-corrected chi connectivity index (χ1v) is 8.52. The molecule has 1 aliphatic rings. The van der Waals surface area contributed by atoms with E-state index in [0.717, 1.165) is 53.4 Å². The summed E-state index contributed by atoms with van der Waals surface area (Å²) < 4.78 is 5.38. The van der Waals surface area contributed by atoms with Crippen LogP contribution < -0.4 is 0 Å². The standard InChI is InChI=1S/C19H22N4O/c1-12-17(21-16-8-5-4-7-15(16)20-12)11-23-10-6-9-18(23)19-13(2)22-24-14(19)3/h4-5,7-8,18H,6,9-11H2,1-3H3/t18-/m1/s1. The Labute approximate surface area is 141 Å². The van der Waals surface area contributed by atoms with Gasteiger partial charge in [-0.1, -0.05) is 17.3 Å². The molecule has 5 nitrogen and oxygen atoms in total. The second kappa shape index (κ2) is 5.98. The van der Waals surface area contributed by atoms with Gasteiger partial charge in [0.05, 0.1) is 28.1 Å². The summed E-state index contributed by atoms with van der Waals surface area (Å²) in [5, 5.41) is 4.13. The van der Waals surface area contributed by atoms with Gasteiger partial charge in [0.2, 0.25) is 0 Å². The maximum absolute atomic E-state index is 5.38. The largest absolute Gasteiger partial charge is 0.361 e. The number of fused-ring (bicyclic) bond motifs is 1. The van der Waals surface area contributed by atoms with Crippen LogP contribution >= 0.6 is 0 Å². The SMILES string of the molecule is Cc1nc2ccccc2nc1CN1CCC[C@@H]1c1c(C)noc1C. The Balaban J connectivity index is 1.66. The maximum Gasteiger partial charge on any atom is 0.138 e. The number of para-hydroxylation sites is 2. The minimum atomic E-state index is 0.365. The molecule has 1 aliphatic heterocycles. The summed E-state index contributed by atoms with van der Waals surface area (Å²) in [6.07, 6.45) is 2.33. The maximum atomic E-state index is 5.38. The molecule has 1 atom stereocenters. The van der Waals surface area contributed by atoms with Crippen LogP contribution in [0.2, 0.25) is 0 Å². The van der Waals surface area contributed by atoms with E-state index in [1.165, 1.54) is 12.0 Å². The molecule has 2 aromatic heterocycles. The van der Waals surface area contributed by atoms with E-state index in [4.69, 9.17) is 14.5 Å². The first-order chi connectivity index (χ1) is 11.6. The average molecular weight is 322 g/mol. The van der Waals surface area contributed by atoms with Crippen LogP contribution in [0.1, 0.15) is 47.3 Å². The lowest BCUT2D eigenvalue weighted by molar-refractivity contribution is 0.242. The molecule has 3 heterocycles. The van der Waals surface area contributed by atoms with Gasteiger partial charge < -0.3 is 4.52 Å². The zero-order chi connectivity index (χ0) is 16.7. The second-order valence-electron chi connectivity index (χ2n) is 6.61. The number of aromatic nitrogens is 3. The Morgan fingerprint density at radius 2 is 1.83 bits per heavy atom. The number of rotatable bonds is 3. The molecule has 0 spiro atoms. The van der Waals surface area contributed by atoms with Gasteiger partial charge in [-0.3, -0.25) is 4.90 Å². The van der Waals surface area contributed by atoms with Crippen LogP contribution in [0.25, 0.3) is 11.0 Å². The molecule has 5 heteroatoms. The summed E-state index contributed by atoms with van der Waals surface area (Å²) in [6, 6.07) is 8.43. The molecule has 0 unspecified atom stereocenters. The van der Waals surface area contributed by atoms with Gasteiger partial charge in [-0.05, 0) is 52.3 Å². The third kappa shape index (κ3) is 2.59. The van der Waals surface area contributed by atoms with E-state index in [2.05, 4.69) is 17.0 Å². The van der Waals surface area contributed by atoms with Gasteiger partial charge in [0.15, 0.2) is 0 Å². The lowest BCUT2D eigenvalue weighted by Crippen LogP contribution is -2.24. The van der Waals surface area contributed by atoms with Crippen molar-refractivity contribution in [2.24, 2.45) is 0 Å². The van der Waals surface area contributed by atoms with Crippen molar-refractivity contribution in [2.45, 2.75) is 46.2 Å². The summed E-state index contributed by atoms with van der Waals surface area (Å²) in [4.78, 5) is 12.1. The Bertz CT molecular complexity index is 867. The van der Waals surface area contributed by atoms with Crippen molar-refractivity contribution in [1.29, 1.82) is 0 Å². The molecule has 0 amide bonds. The summed E-state index contributed by atoms with van der Waals surface area (Å²) in [5.41, 5.74) is 6.25. The molecule has 0 aliphatic carbocycles. The molecule has 0 radical (unpaired) electrons. The van der Waals surface area contributed by atoms with Crippen molar-refractivity contribution >= 4 is 11.0 Å². The highest BCUT2D eigenvalue weighted by molar-refractivity contribution is 5.74. The summed E-state index contributed by atoms with van der Waals surface area (Å²) in [5.74, 6) is 0.936. The highest BCUT2D eigenvalue weighted by atomic mass is 16.5. The van der Waals surface area contributed by atoms with E-state index in [9.17, 15) is 0 Å². The van der Waals surface area contributed by atoms with E-state index in [-0.39, 0.29) is 0 Å². The summed E-state index contributed by atoms with van der Waals surface area (Å²) in [6.45, 7) is 7.98. The first kappa shape index (κ1) is 15.3. The van der Waals surface area contributed by atoms with Gasteiger partial charge in [0, 0.05) is 18.2 Å². The van der Waals surface area contributed by atoms with E-state index in [0.29, 0.717) is 6.04 Å². The van der Waals surface area contributed by atoms with Crippen molar-refractivity contribution in [3.63, 3.8) is 0 Å². The fraction of sp³-hybridized carbons (Fsp3) is 0.421. The van der Waals surface area contributed by atoms with E-state index < -0.39 is 0 Å². The van der Waals surface area contributed by atoms with Gasteiger partial charge in [-0.25, -0.2) is 9.97 Å². The Hall–Kier alpha value is -2.27. The fourth-order valence-corrected chi connectivity index (χ4v) is 3.77. The molecule has 3 aromatic rings. The van der Waals surface area contributed by atoms with Crippen molar-refractivity contribution in [1.82, 2.24) is 20.0 Å². The highest BCUT2D eigenvalue weighted by Crippen LogP contribution is 2.36. The number of benzene rings is 1. The zero-order valence-electron chi connectivity index (χ0n) is 14.4. The van der Waals surface area contributed by atoms with Gasteiger partial charge in [-0.15, -0.1) is 0 Å². The molecule has 24 heavy (non-hydrogen) atoms. The molecule has 1 fully saturated rings. The second-order valence-corrected chi connectivity index (χ2v) is 6.61.